The molecule has 0 amide bonds. The van der Waals surface area contributed by atoms with Crippen molar-refractivity contribution in [2.45, 2.75) is 32.2 Å². The van der Waals surface area contributed by atoms with Gasteiger partial charge in [0.15, 0.2) is 0 Å². The second-order valence-corrected chi connectivity index (χ2v) is 14.0. The number of fused-ring (bicyclic) bond motifs is 1. The molecule has 0 aromatic heterocycles. The molecule has 12 heteroatoms. The van der Waals surface area contributed by atoms with Crippen molar-refractivity contribution in [2.24, 2.45) is 0 Å². The van der Waals surface area contributed by atoms with Gasteiger partial charge in [-0.2, -0.15) is 30.4 Å². The Labute approximate surface area is 251 Å². The van der Waals surface area contributed by atoms with E-state index in [1.54, 1.807) is 42.5 Å². The summed E-state index contributed by atoms with van der Waals surface area (Å²) in [6.07, 6.45) is -10.4. The van der Waals surface area contributed by atoms with Crippen LogP contribution in [0.2, 0.25) is 0 Å². The van der Waals surface area contributed by atoms with Gasteiger partial charge in [-0.3, -0.25) is 0 Å². The van der Waals surface area contributed by atoms with Crippen LogP contribution in [0.25, 0.3) is 10.8 Å². The molecule has 0 fully saturated rings. The number of carbonyl (C=O) groups is 1. The number of halogens is 5. The van der Waals surface area contributed by atoms with Gasteiger partial charge in [0.2, 0.25) is 0 Å². The normalized spacial score (nSPS) is 13.8. The summed E-state index contributed by atoms with van der Waals surface area (Å²) in [4.78, 5) is 13.1. The largest absolute Gasteiger partial charge is 0.441 e. The highest BCUT2D eigenvalue weighted by Crippen LogP contribution is 2.70. The van der Waals surface area contributed by atoms with E-state index in [0.717, 1.165) is 12.1 Å². The van der Waals surface area contributed by atoms with Crippen molar-refractivity contribution in [1.82, 2.24) is 0 Å². The van der Waals surface area contributed by atoms with E-state index in [4.69, 9.17) is 3.63 Å². The van der Waals surface area contributed by atoms with Gasteiger partial charge in [0, 0.05) is 14.7 Å². The number of esters is 1. The van der Waals surface area contributed by atoms with Gasteiger partial charge in [-0.25, -0.2) is 8.42 Å². The molecule has 1 atom stereocenters. The number of rotatable bonds is 9. The third-order valence-corrected chi connectivity index (χ3v) is 11.8. The monoisotopic (exact) mass is 646 g/mol. The predicted molar refractivity (Wildman–Crippen MR) is 156 cm³/mol. The lowest BCUT2D eigenvalue weighted by atomic mass is 10.1. The molecule has 0 spiro atoms. The Balaban J connectivity index is 1.61. The average molecular weight is 647 g/mol. The highest BCUT2D eigenvalue weighted by molar-refractivity contribution is 8.33. The number of hydrogen-bond donors (Lipinski definition) is 0. The summed E-state index contributed by atoms with van der Waals surface area (Å²) in [6, 6.07) is 32.6. The molecule has 5 rings (SSSR count). The first-order valence-corrected chi connectivity index (χ1v) is 15.9. The lowest BCUT2D eigenvalue weighted by Crippen LogP contribution is -2.52. The second-order valence-electron chi connectivity index (χ2n) is 9.47. The van der Waals surface area contributed by atoms with E-state index >= 15 is 8.78 Å². The molecule has 5 nitrogen and oxygen atoms in total. The topological polar surface area (TPSA) is 69.7 Å². The van der Waals surface area contributed by atoms with E-state index in [1.807, 2.05) is 0 Å². The highest BCUT2D eigenvalue weighted by atomic mass is 32.3. The molecule has 0 radical (unpaired) electrons. The van der Waals surface area contributed by atoms with Crippen LogP contribution in [0.15, 0.2) is 148 Å². The quantitative estimate of drug-likeness (QED) is 0.118. The fraction of sp³-hybridized carbons (Fsp3) is 0.0938. The van der Waals surface area contributed by atoms with Gasteiger partial charge >= 0.3 is 27.5 Å². The standard InChI is InChI=1S/C32H23F5O5S2/c33-31(34,35)30(41-29(38)25-21-20-23-12-10-11-13-24(23)22-25)32(36,37)44(39,40)42-43(26-14-4-1-5-15-26,27-16-6-2-7-17-27)28-18-8-3-9-19-28/h1-22,30H. The van der Waals surface area contributed by atoms with E-state index < -0.39 is 49.5 Å². The fourth-order valence-corrected chi connectivity index (χ4v) is 9.75. The Hall–Kier alpha value is -4.26. The van der Waals surface area contributed by atoms with Crippen LogP contribution in [0.4, 0.5) is 22.0 Å². The first-order valence-electron chi connectivity index (χ1n) is 12.9. The number of benzene rings is 5. The van der Waals surface area contributed by atoms with Crippen molar-refractivity contribution in [3.63, 3.8) is 0 Å². The number of alkyl halides is 5. The van der Waals surface area contributed by atoms with Crippen molar-refractivity contribution in [3.05, 3.63) is 139 Å². The Morgan fingerprint density at radius 2 is 1.02 bits per heavy atom. The minimum absolute atomic E-state index is 0.119. The maximum atomic E-state index is 15.9. The average Bonchev–Trinajstić information content (AvgIpc) is 3.02. The molecule has 1 unspecified atom stereocenters. The maximum absolute atomic E-state index is 15.9. The van der Waals surface area contributed by atoms with Crippen molar-refractivity contribution >= 4 is 37.2 Å². The molecule has 44 heavy (non-hydrogen) atoms. The third-order valence-electron chi connectivity index (χ3n) is 6.56. The van der Waals surface area contributed by atoms with Crippen LogP contribution in [0.1, 0.15) is 10.4 Å². The lowest BCUT2D eigenvalue weighted by Gasteiger charge is -2.40. The van der Waals surface area contributed by atoms with Gasteiger partial charge in [0.05, 0.1) is 5.56 Å². The van der Waals surface area contributed by atoms with Crippen LogP contribution in [0.5, 0.6) is 0 Å². The Morgan fingerprint density at radius 3 is 1.48 bits per heavy atom. The second kappa shape index (κ2) is 12.0. The lowest BCUT2D eigenvalue weighted by molar-refractivity contribution is -0.247. The summed E-state index contributed by atoms with van der Waals surface area (Å²) >= 11 is 0. The van der Waals surface area contributed by atoms with Crippen molar-refractivity contribution in [1.29, 1.82) is 0 Å². The summed E-state index contributed by atoms with van der Waals surface area (Å²) < 4.78 is 111. The summed E-state index contributed by atoms with van der Waals surface area (Å²) in [5.74, 6) is -1.79. The summed E-state index contributed by atoms with van der Waals surface area (Å²) in [7, 11) is -10.1. The molecular weight excluding hydrogens is 623 g/mol. The van der Waals surface area contributed by atoms with Gasteiger partial charge < -0.3 is 4.74 Å². The highest BCUT2D eigenvalue weighted by Gasteiger charge is 2.68. The zero-order valence-corrected chi connectivity index (χ0v) is 24.2. The predicted octanol–water partition coefficient (Wildman–Crippen LogP) is 8.76. The fourth-order valence-electron chi connectivity index (χ4n) is 4.49. The molecule has 0 aliphatic heterocycles. The molecule has 5 aromatic carbocycles. The van der Waals surface area contributed by atoms with Gasteiger partial charge in [-0.05, 0) is 69.6 Å². The van der Waals surface area contributed by atoms with Gasteiger partial charge in [-0.15, -0.1) is 0 Å². The van der Waals surface area contributed by atoms with Gasteiger partial charge in [0.25, 0.3) is 6.10 Å². The molecule has 0 saturated heterocycles. The summed E-state index contributed by atoms with van der Waals surface area (Å²) in [5, 5.41) is -4.72. The molecule has 228 valence electrons. The molecule has 0 bridgehead atoms. The van der Waals surface area contributed by atoms with E-state index in [1.165, 1.54) is 78.9 Å². The zero-order valence-electron chi connectivity index (χ0n) is 22.5. The van der Waals surface area contributed by atoms with Crippen molar-refractivity contribution in [2.75, 3.05) is 0 Å². The number of hydrogen-bond acceptors (Lipinski definition) is 5. The van der Waals surface area contributed by atoms with E-state index in [-0.39, 0.29) is 14.7 Å². The Morgan fingerprint density at radius 1 is 0.591 bits per heavy atom. The number of carbonyl (C=O) groups excluding carboxylic acids is 1. The minimum Gasteiger partial charge on any atom is -0.441 e. The van der Waals surface area contributed by atoms with E-state index in [9.17, 15) is 26.4 Å². The summed E-state index contributed by atoms with van der Waals surface area (Å²) in [5.41, 5.74) is -0.482. The first kappa shape index (κ1) is 31.2. The number of ether oxygens (including phenoxy) is 1. The molecule has 0 heterocycles. The zero-order chi connectivity index (χ0) is 31.6. The maximum Gasteiger partial charge on any atom is 0.432 e. The van der Waals surface area contributed by atoms with E-state index in [2.05, 4.69) is 4.74 Å². The smallest absolute Gasteiger partial charge is 0.432 e. The molecule has 0 aliphatic rings. The van der Waals surface area contributed by atoms with Crippen molar-refractivity contribution in [3.8, 4) is 0 Å². The van der Waals surface area contributed by atoms with Crippen LogP contribution in [-0.2, 0) is 18.5 Å². The van der Waals surface area contributed by atoms with E-state index in [0.29, 0.717) is 10.8 Å². The Bertz CT molecular complexity index is 1770. The van der Waals surface area contributed by atoms with Crippen LogP contribution in [0.3, 0.4) is 0 Å². The molecule has 0 N–H and O–H groups in total. The van der Waals surface area contributed by atoms with Crippen molar-refractivity contribution < 1.29 is 43.5 Å². The summed E-state index contributed by atoms with van der Waals surface area (Å²) in [6.45, 7) is 0. The molecular formula is C32H23F5O5S2. The SMILES string of the molecule is O=C(OC(C(F)(F)F)C(F)(F)S(=O)(=O)OS(c1ccccc1)(c1ccccc1)c1ccccc1)c1ccc2ccccc2c1. The van der Waals surface area contributed by atoms with Crippen LogP contribution >= 0.6 is 10.3 Å². The first-order chi connectivity index (χ1) is 20.9. The molecule has 0 saturated carbocycles. The van der Waals surface area contributed by atoms with Gasteiger partial charge in [-0.1, -0.05) is 84.9 Å². The molecule has 0 aliphatic carbocycles. The molecule has 5 aromatic rings. The Kier molecular flexibility index (Phi) is 8.52. The van der Waals surface area contributed by atoms with Crippen LogP contribution < -0.4 is 0 Å². The minimum atomic E-state index is -6.50. The van der Waals surface area contributed by atoms with Gasteiger partial charge in [0.1, 0.15) is 0 Å². The van der Waals surface area contributed by atoms with Crippen LogP contribution in [0, 0.1) is 0 Å². The third kappa shape index (κ3) is 5.92. The van der Waals surface area contributed by atoms with Crippen LogP contribution in [-0.4, -0.2) is 31.9 Å².